The average molecular weight is 202 g/mol. The molecular weight excluding hydrogens is 184 g/mol. The molecule has 15 heavy (non-hydrogen) atoms. The van der Waals surface area contributed by atoms with Crippen LogP contribution >= 0.6 is 0 Å². The van der Waals surface area contributed by atoms with Gasteiger partial charge in [0.05, 0.1) is 0 Å². The minimum atomic E-state index is 0.376. The quantitative estimate of drug-likeness (QED) is 0.736. The summed E-state index contributed by atoms with van der Waals surface area (Å²) in [5.74, 6) is 0.376. The summed E-state index contributed by atoms with van der Waals surface area (Å²) < 4.78 is 0. The summed E-state index contributed by atoms with van der Waals surface area (Å²) in [6.45, 7) is 6.11. The third kappa shape index (κ3) is 3.62. The number of phenolic OH excluding ortho intramolecular Hbond substituents is 1. The van der Waals surface area contributed by atoms with Gasteiger partial charge in [-0.3, -0.25) is 0 Å². The van der Waals surface area contributed by atoms with Gasteiger partial charge in [-0.15, -0.1) is 0 Å². The summed E-state index contributed by atoms with van der Waals surface area (Å²) in [6, 6.07) is 5.69. The van der Waals surface area contributed by atoms with Crippen LogP contribution in [-0.2, 0) is 6.42 Å². The fraction of sp³-hybridized carbons (Fsp3) is 0.286. The Morgan fingerprint density at radius 1 is 1.33 bits per heavy atom. The van der Waals surface area contributed by atoms with Gasteiger partial charge in [-0.1, -0.05) is 29.9 Å². The van der Waals surface area contributed by atoms with Crippen molar-refractivity contribution in [2.24, 2.45) is 0 Å². The predicted molar refractivity (Wildman–Crippen MR) is 65.9 cm³/mol. The van der Waals surface area contributed by atoms with Crippen LogP contribution in [0.4, 0.5) is 0 Å². The van der Waals surface area contributed by atoms with Gasteiger partial charge in [0, 0.05) is 0 Å². The van der Waals surface area contributed by atoms with Crippen LogP contribution in [0.1, 0.15) is 31.9 Å². The number of allylic oxidation sites excluding steroid dienone is 3. The highest BCUT2D eigenvalue weighted by atomic mass is 16.3. The van der Waals surface area contributed by atoms with Gasteiger partial charge >= 0.3 is 0 Å². The maximum Gasteiger partial charge on any atom is 0.119 e. The Kier molecular flexibility index (Phi) is 4.17. The van der Waals surface area contributed by atoms with Gasteiger partial charge in [-0.2, -0.15) is 0 Å². The average Bonchev–Trinajstić information content (AvgIpc) is 2.19. The third-order valence-corrected chi connectivity index (χ3v) is 2.19. The third-order valence-electron chi connectivity index (χ3n) is 2.19. The molecule has 0 bridgehead atoms. The van der Waals surface area contributed by atoms with Crippen molar-refractivity contribution in [3.8, 4) is 5.75 Å². The Morgan fingerprint density at radius 2 is 2.07 bits per heavy atom. The highest BCUT2D eigenvalue weighted by Crippen LogP contribution is 2.20. The van der Waals surface area contributed by atoms with E-state index in [4.69, 9.17) is 0 Å². The lowest BCUT2D eigenvalue weighted by molar-refractivity contribution is 0.469. The number of hydrogen-bond acceptors (Lipinski definition) is 1. The monoisotopic (exact) mass is 202 g/mol. The molecule has 80 valence electrons. The number of rotatable bonds is 3. The van der Waals surface area contributed by atoms with E-state index in [0.717, 1.165) is 17.5 Å². The van der Waals surface area contributed by atoms with Gasteiger partial charge < -0.3 is 5.11 Å². The molecular formula is C14H18O. The molecule has 1 nitrogen and oxygen atoms in total. The van der Waals surface area contributed by atoms with Gasteiger partial charge in [0.25, 0.3) is 0 Å². The molecule has 1 aromatic rings. The fourth-order valence-electron chi connectivity index (χ4n) is 1.38. The summed E-state index contributed by atoms with van der Waals surface area (Å²) >= 11 is 0. The lowest BCUT2D eigenvalue weighted by Crippen LogP contribution is -1.85. The Morgan fingerprint density at radius 3 is 2.67 bits per heavy atom. The largest absolute Gasteiger partial charge is 0.508 e. The maximum atomic E-state index is 9.66. The maximum absolute atomic E-state index is 9.66. The van der Waals surface area contributed by atoms with Crippen LogP contribution < -0.4 is 0 Å². The van der Waals surface area contributed by atoms with Crippen LogP contribution in [0.5, 0.6) is 5.75 Å². The second-order valence-electron chi connectivity index (χ2n) is 3.87. The molecule has 0 saturated heterocycles. The van der Waals surface area contributed by atoms with Crippen LogP contribution in [0.15, 0.2) is 35.9 Å². The van der Waals surface area contributed by atoms with Crippen molar-refractivity contribution in [3.63, 3.8) is 0 Å². The molecule has 0 aliphatic carbocycles. The van der Waals surface area contributed by atoms with Gasteiger partial charge in [0.15, 0.2) is 0 Å². The van der Waals surface area contributed by atoms with Gasteiger partial charge in [-0.05, 0) is 50.5 Å². The number of benzene rings is 1. The molecule has 0 atom stereocenters. The molecule has 0 aliphatic rings. The normalized spacial score (nSPS) is 10.6. The van der Waals surface area contributed by atoms with Gasteiger partial charge in [-0.25, -0.2) is 0 Å². The topological polar surface area (TPSA) is 20.2 Å². The molecule has 0 amide bonds. The summed E-state index contributed by atoms with van der Waals surface area (Å²) in [5, 5.41) is 9.66. The molecule has 1 N–H and O–H groups in total. The minimum Gasteiger partial charge on any atom is -0.508 e. The molecule has 0 aliphatic heterocycles. The van der Waals surface area contributed by atoms with Crippen molar-refractivity contribution in [2.45, 2.75) is 27.2 Å². The summed E-state index contributed by atoms with van der Waals surface area (Å²) in [6.07, 6.45) is 6.94. The van der Waals surface area contributed by atoms with E-state index in [0.29, 0.717) is 5.75 Å². The molecule has 0 spiro atoms. The SMILES string of the molecule is C/C=C\c1ccc(O)c(CC=C(C)C)c1. The minimum absolute atomic E-state index is 0.376. The van der Waals surface area contributed by atoms with Crippen molar-refractivity contribution < 1.29 is 5.11 Å². The van der Waals surface area contributed by atoms with E-state index in [1.54, 1.807) is 6.07 Å². The molecule has 0 heterocycles. The first-order chi connectivity index (χ1) is 7.13. The number of hydrogen-bond donors (Lipinski definition) is 1. The highest BCUT2D eigenvalue weighted by Gasteiger charge is 1.99. The Balaban J connectivity index is 2.95. The first-order valence-electron chi connectivity index (χ1n) is 5.21. The van der Waals surface area contributed by atoms with Crippen molar-refractivity contribution in [1.82, 2.24) is 0 Å². The smallest absolute Gasteiger partial charge is 0.119 e. The summed E-state index contributed by atoms with van der Waals surface area (Å²) in [5.41, 5.74) is 3.38. The van der Waals surface area contributed by atoms with E-state index >= 15 is 0 Å². The standard InChI is InChI=1S/C14H18O/c1-4-5-12-7-9-14(15)13(10-12)8-6-11(2)3/h4-7,9-10,15H,8H2,1-3H3/b5-4-. The second-order valence-corrected chi connectivity index (χ2v) is 3.87. The van der Waals surface area contributed by atoms with E-state index in [2.05, 4.69) is 19.9 Å². The highest BCUT2D eigenvalue weighted by molar-refractivity contribution is 5.53. The molecule has 0 saturated carbocycles. The van der Waals surface area contributed by atoms with Crippen LogP contribution in [0.25, 0.3) is 6.08 Å². The van der Waals surface area contributed by atoms with E-state index in [-0.39, 0.29) is 0 Å². The fourth-order valence-corrected chi connectivity index (χ4v) is 1.38. The van der Waals surface area contributed by atoms with Crippen molar-refractivity contribution in [2.75, 3.05) is 0 Å². The number of aromatic hydroxyl groups is 1. The van der Waals surface area contributed by atoms with E-state index in [1.165, 1.54) is 5.57 Å². The number of phenols is 1. The second kappa shape index (κ2) is 5.40. The Labute approximate surface area is 91.8 Å². The predicted octanol–water partition coefficient (Wildman–Crippen LogP) is 3.93. The van der Waals surface area contributed by atoms with Crippen molar-refractivity contribution in [1.29, 1.82) is 0 Å². The van der Waals surface area contributed by atoms with Crippen LogP contribution in [0.2, 0.25) is 0 Å². The zero-order chi connectivity index (χ0) is 11.3. The molecule has 0 aromatic heterocycles. The van der Waals surface area contributed by atoms with Crippen LogP contribution in [0.3, 0.4) is 0 Å². The lowest BCUT2D eigenvalue weighted by atomic mass is 10.1. The molecule has 1 aromatic carbocycles. The van der Waals surface area contributed by atoms with Gasteiger partial charge in [0.2, 0.25) is 0 Å². The molecule has 1 heteroatoms. The van der Waals surface area contributed by atoms with Crippen LogP contribution in [0, 0.1) is 0 Å². The zero-order valence-corrected chi connectivity index (χ0v) is 9.62. The molecule has 0 unspecified atom stereocenters. The first kappa shape index (κ1) is 11.6. The zero-order valence-electron chi connectivity index (χ0n) is 9.62. The molecule has 1 rings (SSSR count). The lowest BCUT2D eigenvalue weighted by Gasteiger charge is -2.03. The van der Waals surface area contributed by atoms with Crippen molar-refractivity contribution in [3.05, 3.63) is 47.1 Å². The van der Waals surface area contributed by atoms with Crippen LogP contribution in [-0.4, -0.2) is 5.11 Å². The Hall–Kier alpha value is -1.50. The molecule has 0 fully saturated rings. The molecule has 0 radical (unpaired) electrons. The van der Waals surface area contributed by atoms with E-state index in [1.807, 2.05) is 31.2 Å². The summed E-state index contributed by atoms with van der Waals surface area (Å²) in [7, 11) is 0. The van der Waals surface area contributed by atoms with E-state index < -0.39 is 0 Å². The van der Waals surface area contributed by atoms with Crippen molar-refractivity contribution >= 4 is 6.08 Å². The Bertz CT molecular complexity index is 382. The van der Waals surface area contributed by atoms with Gasteiger partial charge in [0.1, 0.15) is 5.75 Å². The van der Waals surface area contributed by atoms with E-state index in [9.17, 15) is 5.11 Å². The summed E-state index contributed by atoms with van der Waals surface area (Å²) in [4.78, 5) is 0. The first-order valence-corrected chi connectivity index (χ1v) is 5.21.